The van der Waals surface area contributed by atoms with Gasteiger partial charge in [-0.3, -0.25) is 0 Å². The quantitative estimate of drug-likeness (QED) is 0.164. The van der Waals surface area contributed by atoms with Crippen LogP contribution in [0.15, 0.2) is 109 Å². The molecule has 3 aliphatic rings. The second kappa shape index (κ2) is 14.5. The van der Waals surface area contributed by atoms with Gasteiger partial charge in [0.2, 0.25) is 0 Å². The van der Waals surface area contributed by atoms with Crippen molar-refractivity contribution in [1.29, 1.82) is 0 Å². The minimum absolute atomic E-state index is 0.0265. The summed E-state index contributed by atoms with van der Waals surface area (Å²) < 4.78 is 0. The fraction of sp³-hybridized carbons (Fsp3) is 0.410. The Kier molecular flexibility index (Phi) is 10.0. The number of aryl methyl sites for hydroxylation is 1. The van der Waals surface area contributed by atoms with Crippen molar-refractivity contribution in [3.05, 3.63) is 148 Å². The number of fused-ring (bicyclic) bond motifs is 5. The Bertz CT molecular complexity index is 2760. The third-order valence-electron chi connectivity index (χ3n) is 15.1. The van der Waals surface area contributed by atoms with Gasteiger partial charge in [0.1, 0.15) is 0 Å². The SMILES string of the molecule is Cc1cc2c3c(c1)N(c1cc(C(C)(C)C)cc(C(C)(C)C)c1)c1cc4c(cc1B3c1cc(-c3ccccc3)ccc1N2c1cc(C(C)(C)C)cc(C(C)(C)C)c1)C(C)(C)CCC4(C)C. The van der Waals surface area contributed by atoms with Gasteiger partial charge >= 0.3 is 0 Å². The summed E-state index contributed by atoms with van der Waals surface area (Å²) in [5.41, 5.74) is 24.0. The van der Waals surface area contributed by atoms with Crippen molar-refractivity contribution in [2.75, 3.05) is 9.80 Å². The molecule has 0 atom stereocenters. The molecular weight excluding hydrogens is 771 g/mol. The number of hydrogen-bond donors (Lipinski definition) is 0. The maximum Gasteiger partial charge on any atom is 0.252 e. The van der Waals surface area contributed by atoms with E-state index in [0.29, 0.717) is 0 Å². The second-order valence-electron chi connectivity index (χ2n) is 25.2. The summed E-state index contributed by atoms with van der Waals surface area (Å²) in [7, 11) is 0. The van der Waals surface area contributed by atoms with Crippen molar-refractivity contribution in [3.8, 4) is 11.1 Å². The van der Waals surface area contributed by atoms with E-state index >= 15 is 0 Å². The van der Waals surface area contributed by atoms with Crippen LogP contribution >= 0.6 is 0 Å². The molecule has 0 amide bonds. The summed E-state index contributed by atoms with van der Waals surface area (Å²) >= 11 is 0. The summed E-state index contributed by atoms with van der Waals surface area (Å²) in [5.74, 6) is 0. The van der Waals surface area contributed by atoms with Crippen LogP contribution in [0.25, 0.3) is 11.1 Å². The smallest absolute Gasteiger partial charge is 0.252 e. The van der Waals surface area contributed by atoms with Crippen molar-refractivity contribution in [2.45, 2.75) is 163 Å². The van der Waals surface area contributed by atoms with Gasteiger partial charge in [-0.1, -0.05) is 171 Å². The number of anilines is 6. The van der Waals surface area contributed by atoms with E-state index < -0.39 is 0 Å². The highest BCUT2D eigenvalue weighted by molar-refractivity contribution is 7.00. The summed E-state index contributed by atoms with van der Waals surface area (Å²) in [6.45, 7) is 40.6. The molecule has 1 aliphatic carbocycles. The molecule has 2 aliphatic heterocycles. The van der Waals surface area contributed by atoms with Crippen LogP contribution in [0.5, 0.6) is 0 Å². The van der Waals surface area contributed by atoms with Gasteiger partial charge in [-0.05, 0) is 167 Å². The Morgan fingerprint density at radius 3 is 1.30 bits per heavy atom. The molecule has 0 aromatic heterocycles. The van der Waals surface area contributed by atoms with E-state index in [2.05, 4.69) is 237 Å². The molecule has 0 fully saturated rings. The first-order chi connectivity index (χ1) is 29.6. The van der Waals surface area contributed by atoms with E-state index in [-0.39, 0.29) is 39.2 Å². The van der Waals surface area contributed by atoms with E-state index in [1.54, 1.807) is 0 Å². The van der Waals surface area contributed by atoms with Gasteiger partial charge in [0.05, 0.1) is 0 Å². The fourth-order valence-electron chi connectivity index (χ4n) is 10.8. The maximum absolute atomic E-state index is 2.69. The molecule has 2 heterocycles. The minimum atomic E-state index is -0.0303. The van der Waals surface area contributed by atoms with Crippen molar-refractivity contribution in [1.82, 2.24) is 0 Å². The molecule has 0 spiro atoms. The molecule has 64 heavy (non-hydrogen) atoms. The summed E-state index contributed by atoms with van der Waals surface area (Å²) in [6, 6.07) is 43.6. The molecule has 0 unspecified atom stereocenters. The van der Waals surface area contributed by atoms with Crippen LogP contribution in [0.1, 0.15) is 163 Å². The average Bonchev–Trinajstić information content (AvgIpc) is 3.20. The molecule has 9 rings (SSSR count). The Balaban J connectivity index is 1.45. The van der Waals surface area contributed by atoms with E-state index in [9.17, 15) is 0 Å². The first-order valence-electron chi connectivity index (χ1n) is 24.1. The predicted octanol–water partition coefficient (Wildman–Crippen LogP) is 15.3. The normalized spacial score (nSPS) is 16.5. The summed E-state index contributed by atoms with van der Waals surface area (Å²) in [4.78, 5) is 5.33. The van der Waals surface area contributed by atoms with Gasteiger partial charge in [0, 0.05) is 34.1 Å². The van der Waals surface area contributed by atoms with Crippen molar-refractivity contribution >= 4 is 57.2 Å². The lowest BCUT2D eigenvalue weighted by Crippen LogP contribution is -2.62. The molecule has 0 N–H and O–H groups in total. The Labute approximate surface area is 387 Å². The monoisotopic (exact) mass is 845 g/mol. The lowest BCUT2D eigenvalue weighted by Gasteiger charge is -2.48. The number of benzene rings is 6. The highest BCUT2D eigenvalue weighted by atomic mass is 15.2. The van der Waals surface area contributed by atoms with Crippen LogP contribution in [0.3, 0.4) is 0 Å². The highest BCUT2D eigenvalue weighted by Gasteiger charge is 2.47. The zero-order valence-corrected chi connectivity index (χ0v) is 42.3. The maximum atomic E-state index is 2.69. The summed E-state index contributed by atoms with van der Waals surface area (Å²) in [6.07, 6.45) is 2.34. The van der Waals surface area contributed by atoms with Crippen LogP contribution in [0, 0.1) is 6.92 Å². The largest absolute Gasteiger partial charge is 0.311 e. The lowest BCUT2D eigenvalue weighted by molar-refractivity contribution is 0.332. The first kappa shape index (κ1) is 44.2. The molecule has 3 heteroatoms. The van der Waals surface area contributed by atoms with Gasteiger partial charge < -0.3 is 9.80 Å². The van der Waals surface area contributed by atoms with Crippen LogP contribution in [-0.2, 0) is 32.5 Å². The third kappa shape index (κ3) is 7.44. The van der Waals surface area contributed by atoms with Crippen LogP contribution < -0.4 is 26.2 Å². The van der Waals surface area contributed by atoms with Crippen LogP contribution in [-0.4, -0.2) is 6.71 Å². The highest BCUT2D eigenvalue weighted by Crippen LogP contribution is 2.51. The Morgan fingerprint density at radius 2 is 0.844 bits per heavy atom. The Morgan fingerprint density at radius 1 is 0.422 bits per heavy atom. The molecular formula is C61H73BN2. The van der Waals surface area contributed by atoms with Gasteiger partial charge in [0.25, 0.3) is 6.71 Å². The zero-order chi connectivity index (χ0) is 46.3. The van der Waals surface area contributed by atoms with E-state index in [0.717, 1.165) is 0 Å². The topological polar surface area (TPSA) is 6.48 Å². The first-order valence-corrected chi connectivity index (χ1v) is 24.1. The molecule has 0 bridgehead atoms. The van der Waals surface area contributed by atoms with Crippen molar-refractivity contribution in [3.63, 3.8) is 0 Å². The third-order valence-corrected chi connectivity index (χ3v) is 15.1. The van der Waals surface area contributed by atoms with Crippen molar-refractivity contribution in [2.24, 2.45) is 0 Å². The molecule has 0 radical (unpaired) electrons. The lowest BCUT2D eigenvalue weighted by atomic mass is 9.33. The second-order valence-corrected chi connectivity index (χ2v) is 25.2. The molecule has 0 saturated carbocycles. The average molecular weight is 845 g/mol. The minimum Gasteiger partial charge on any atom is -0.311 e. The number of rotatable bonds is 3. The predicted molar refractivity (Wildman–Crippen MR) is 281 cm³/mol. The summed E-state index contributed by atoms with van der Waals surface area (Å²) in [5, 5.41) is 0. The van der Waals surface area contributed by atoms with Gasteiger partial charge in [-0.15, -0.1) is 0 Å². The Hall–Kier alpha value is -5.02. The van der Waals surface area contributed by atoms with Gasteiger partial charge in [-0.2, -0.15) is 0 Å². The molecule has 6 aromatic carbocycles. The fourth-order valence-corrected chi connectivity index (χ4v) is 10.8. The molecule has 330 valence electrons. The number of nitrogens with zero attached hydrogens (tertiary/aromatic N) is 2. The van der Waals surface area contributed by atoms with Crippen LogP contribution in [0.2, 0.25) is 0 Å². The number of hydrogen-bond acceptors (Lipinski definition) is 2. The zero-order valence-electron chi connectivity index (χ0n) is 42.3. The van der Waals surface area contributed by atoms with Crippen molar-refractivity contribution < 1.29 is 0 Å². The van der Waals surface area contributed by atoms with E-state index in [1.807, 2.05) is 0 Å². The molecule has 0 saturated heterocycles. The van der Waals surface area contributed by atoms with Gasteiger partial charge in [-0.25, -0.2) is 0 Å². The van der Waals surface area contributed by atoms with Gasteiger partial charge in [0.15, 0.2) is 0 Å². The van der Waals surface area contributed by atoms with E-state index in [1.165, 1.54) is 113 Å². The van der Waals surface area contributed by atoms with E-state index in [4.69, 9.17) is 0 Å². The standard InChI is InChI=1S/C61H73BN2/c1-38-27-53-55-54(28-38)64(46-34-43(58(8,9)10)31-44(35-46)59(11,12)13)52-37-48-47(60(14,15)25-26-61(48,16)17)36-50(52)62(55)49-29-40(39-21-19-18-20-22-39)23-24-51(49)63(53)45-32-41(56(2,3)4)30-42(33-45)57(5,6)7/h18-24,27-37H,25-26H2,1-17H3. The molecule has 6 aromatic rings. The van der Waals surface area contributed by atoms with Crippen LogP contribution in [0.4, 0.5) is 34.1 Å². The molecule has 2 nitrogen and oxygen atoms in total.